The van der Waals surface area contributed by atoms with Crippen molar-refractivity contribution >= 4 is 35.2 Å². The highest BCUT2D eigenvalue weighted by atomic mass is 35.5. The number of carbonyl (C=O) groups is 1. The van der Waals surface area contributed by atoms with Crippen LogP contribution in [0.25, 0.3) is 17.3 Å². The smallest absolute Gasteiger partial charge is 0.335 e. The van der Waals surface area contributed by atoms with Crippen LogP contribution in [0.1, 0.15) is 66.1 Å². The lowest BCUT2D eigenvalue weighted by Crippen LogP contribution is -2.53. The van der Waals surface area contributed by atoms with Crippen LogP contribution >= 0.6 is 23.2 Å². The zero-order valence-electron chi connectivity index (χ0n) is 21.4. The molecule has 0 unspecified atom stereocenters. The summed E-state index contributed by atoms with van der Waals surface area (Å²) in [6.07, 6.45) is 13.2. The number of fused-ring (bicyclic) bond motifs is 3. The summed E-state index contributed by atoms with van der Waals surface area (Å²) in [5, 5.41) is 14.6. The fourth-order valence-electron chi connectivity index (χ4n) is 5.49. The van der Waals surface area contributed by atoms with Gasteiger partial charge in [-0.05, 0) is 50.7 Å². The van der Waals surface area contributed by atoms with Crippen LogP contribution in [-0.2, 0) is 4.74 Å². The Kier molecular flexibility index (Phi) is 6.81. The second kappa shape index (κ2) is 10.2. The van der Waals surface area contributed by atoms with Crippen LogP contribution in [0.5, 0.6) is 11.5 Å². The van der Waals surface area contributed by atoms with Gasteiger partial charge in [0.2, 0.25) is 0 Å². The highest BCUT2D eigenvalue weighted by molar-refractivity contribution is 6.39. The van der Waals surface area contributed by atoms with E-state index >= 15 is 0 Å². The van der Waals surface area contributed by atoms with Gasteiger partial charge in [0.1, 0.15) is 35.2 Å². The van der Waals surface area contributed by atoms with Crippen LogP contribution in [-0.4, -0.2) is 47.1 Å². The lowest BCUT2D eigenvalue weighted by molar-refractivity contribution is -0.181. The van der Waals surface area contributed by atoms with E-state index in [1.165, 1.54) is 19.2 Å². The predicted octanol–water partition coefficient (Wildman–Crippen LogP) is 7.05. The Morgan fingerprint density at radius 2 is 1.85 bits per heavy atom. The number of ether oxygens (including phenoxy) is 3. The molecule has 8 nitrogen and oxygen atoms in total. The number of halogens is 2. The van der Waals surface area contributed by atoms with E-state index in [-0.39, 0.29) is 11.0 Å². The van der Waals surface area contributed by atoms with Gasteiger partial charge < -0.3 is 23.8 Å². The summed E-state index contributed by atoms with van der Waals surface area (Å²) in [5.41, 5.74) is 1.80. The molecule has 39 heavy (non-hydrogen) atoms. The van der Waals surface area contributed by atoms with E-state index in [9.17, 15) is 9.90 Å². The molecule has 2 saturated heterocycles. The molecule has 0 atom stereocenters. The SMILES string of the molecule is COc1cc(OCC23CCC(/C=C/c4c(-c5c(Cl)cncc5Cl)noc4C4CC4)(CC2)CO3)cc(C(=O)O)c1. The zero-order chi connectivity index (χ0) is 27.2. The van der Waals surface area contributed by atoms with Crippen molar-refractivity contribution in [1.82, 2.24) is 10.1 Å². The summed E-state index contributed by atoms with van der Waals surface area (Å²) < 4.78 is 23.5. The van der Waals surface area contributed by atoms with Crippen molar-refractivity contribution < 1.29 is 28.6 Å². The summed E-state index contributed by atoms with van der Waals surface area (Å²) in [5.74, 6) is 1.09. The molecule has 1 N–H and O–H groups in total. The molecule has 4 fully saturated rings. The Balaban J connectivity index is 1.18. The maximum atomic E-state index is 11.5. The average molecular weight is 571 g/mol. The average Bonchev–Trinajstić information content (AvgIpc) is 3.71. The number of hydrogen-bond donors (Lipinski definition) is 1. The first-order chi connectivity index (χ1) is 18.8. The summed E-state index contributed by atoms with van der Waals surface area (Å²) in [6, 6.07) is 4.67. The van der Waals surface area contributed by atoms with E-state index < -0.39 is 11.6 Å². The Morgan fingerprint density at radius 3 is 2.46 bits per heavy atom. The lowest BCUT2D eigenvalue weighted by atomic mass is 9.66. The molecule has 7 rings (SSSR count). The number of carboxylic acids is 1. The number of aromatic carboxylic acids is 1. The Labute approximate surface area is 235 Å². The third-order valence-corrected chi connectivity index (χ3v) is 8.66. The number of pyridine rings is 1. The molecule has 10 heteroatoms. The van der Waals surface area contributed by atoms with Crippen LogP contribution in [0.15, 0.2) is 41.2 Å². The molecule has 2 aliphatic heterocycles. The minimum atomic E-state index is -1.03. The standard InChI is InChI=1S/C29H28Cl2N2O6/c1-36-19-10-18(27(34)35)11-20(12-19)37-16-29-8-6-28(7-9-29,15-38-29)5-4-21-25(33-39-26(21)17-2-3-17)24-22(30)13-32-14-23(24)31/h4-5,10-14,17H,2-3,6-9,15-16H2,1H3,(H,34,35)/b5-4+. The van der Waals surface area contributed by atoms with Crippen LogP contribution in [0.2, 0.25) is 10.0 Å². The third kappa shape index (κ3) is 5.13. The lowest BCUT2D eigenvalue weighted by Gasteiger charge is -2.51. The maximum absolute atomic E-state index is 11.5. The topological polar surface area (TPSA) is 104 Å². The molecule has 2 saturated carbocycles. The van der Waals surface area contributed by atoms with E-state index in [4.69, 9.17) is 41.9 Å². The number of hydrogen-bond acceptors (Lipinski definition) is 7. The van der Waals surface area contributed by atoms with Gasteiger partial charge in [-0.3, -0.25) is 4.98 Å². The molecule has 204 valence electrons. The quantitative estimate of drug-likeness (QED) is 0.292. The number of methoxy groups -OCH3 is 1. The van der Waals surface area contributed by atoms with Crippen molar-refractivity contribution in [3.8, 4) is 22.8 Å². The van der Waals surface area contributed by atoms with Gasteiger partial charge in [-0.1, -0.05) is 40.5 Å². The number of nitrogens with zero attached hydrogens (tertiary/aromatic N) is 2. The van der Waals surface area contributed by atoms with E-state index in [2.05, 4.69) is 22.3 Å². The van der Waals surface area contributed by atoms with Gasteiger partial charge in [0.25, 0.3) is 0 Å². The monoisotopic (exact) mass is 570 g/mol. The number of aromatic nitrogens is 2. The van der Waals surface area contributed by atoms with Crippen LogP contribution in [0, 0.1) is 5.41 Å². The van der Waals surface area contributed by atoms with Gasteiger partial charge in [0, 0.05) is 40.9 Å². The first-order valence-electron chi connectivity index (χ1n) is 13.0. The summed E-state index contributed by atoms with van der Waals surface area (Å²) in [7, 11) is 1.50. The van der Waals surface area contributed by atoms with Crippen molar-refractivity contribution in [2.24, 2.45) is 5.41 Å². The van der Waals surface area contributed by atoms with Crippen LogP contribution in [0.3, 0.4) is 0 Å². The van der Waals surface area contributed by atoms with E-state index in [1.54, 1.807) is 18.5 Å². The molecular weight excluding hydrogens is 543 g/mol. The molecule has 2 aromatic heterocycles. The highest BCUT2D eigenvalue weighted by Gasteiger charge is 2.49. The maximum Gasteiger partial charge on any atom is 0.335 e. The Morgan fingerprint density at radius 1 is 1.13 bits per heavy atom. The third-order valence-electron chi connectivity index (χ3n) is 8.09. The fourth-order valence-corrected chi connectivity index (χ4v) is 6.03. The second-order valence-corrected chi connectivity index (χ2v) is 11.5. The van der Waals surface area contributed by atoms with Gasteiger partial charge in [-0.15, -0.1) is 0 Å². The summed E-state index contributed by atoms with van der Waals surface area (Å²) in [4.78, 5) is 15.5. The molecule has 0 radical (unpaired) electrons. The predicted molar refractivity (Wildman–Crippen MR) is 146 cm³/mol. The minimum absolute atomic E-state index is 0.102. The van der Waals surface area contributed by atoms with Crippen molar-refractivity contribution in [3.63, 3.8) is 0 Å². The van der Waals surface area contributed by atoms with Crippen molar-refractivity contribution in [2.45, 2.75) is 50.0 Å². The molecule has 2 aliphatic carbocycles. The first kappa shape index (κ1) is 26.2. The summed E-state index contributed by atoms with van der Waals surface area (Å²) >= 11 is 12.9. The molecular formula is C29H28Cl2N2O6. The zero-order valence-corrected chi connectivity index (χ0v) is 22.9. The van der Waals surface area contributed by atoms with Crippen molar-refractivity contribution in [1.29, 1.82) is 0 Å². The van der Waals surface area contributed by atoms with Gasteiger partial charge in [0.05, 0.1) is 29.3 Å². The van der Waals surface area contributed by atoms with Crippen LogP contribution < -0.4 is 9.47 Å². The van der Waals surface area contributed by atoms with Gasteiger partial charge in [-0.2, -0.15) is 0 Å². The number of carboxylic acid groups (broad SMARTS) is 1. The van der Waals surface area contributed by atoms with Crippen LogP contribution in [0.4, 0.5) is 0 Å². The highest BCUT2D eigenvalue weighted by Crippen LogP contribution is 2.51. The Bertz CT molecular complexity index is 1400. The first-order valence-corrected chi connectivity index (χ1v) is 13.7. The second-order valence-electron chi connectivity index (χ2n) is 10.7. The van der Waals surface area contributed by atoms with E-state index in [0.717, 1.165) is 49.8 Å². The summed E-state index contributed by atoms with van der Waals surface area (Å²) in [6.45, 7) is 0.918. The molecule has 2 bridgehead atoms. The van der Waals surface area contributed by atoms with Gasteiger partial charge >= 0.3 is 5.97 Å². The normalized spacial score (nSPS) is 24.3. The molecule has 0 spiro atoms. The van der Waals surface area contributed by atoms with Gasteiger partial charge in [0.15, 0.2) is 0 Å². The molecule has 4 aliphatic rings. The minimum Gasteiger partial charge on any atom is -0.497 e. The molecule has 1 aromatic carbocycles. The fraction of sp³-hybridized carbons (Fsp3) is 0.414. The Hall–Kier alpha value is -3.07. The van der Waals surface area contributed by atoms with E-state index in [0.29, 0.717) is 51.9 Å². The van der Waals surface area contributed by atoms with Crippen molar-refractivity contribution in [2.75, 3.05) is 20.3 Å². The van der Waals surface area contributed by atoms with Crippen molar-refractivity contribution in [3.05, 3.63) is 63.6 Å². The largest absolute Gasteiger partial charge is 0.497 e. The van der Waals surface area contributed by atoms with Gasteiger partial charge in [-0.25, -0.2) is 4.79 Å². The molecule has 0 amide bonds. The molecule has 4 heterocycles. The van der Waals surface area contributed by atoms with E-state index in [1.807, 2.05) is 0 Å². The number of benzene rings is 1. The molecule has 3 aromatic rings. The number of rotatable bonds is 9.